The molecule has 1 aliphatic heterocycles. The zero-order valence-electron chi connectivity index (χ0n) is 15.9. The summed E-state index contributed by atoms with van der Waals surface area (Å²) in [6.07, 6.45) is 1.57. The number of benzene rings is 1. The van der Waals surface area contributed by atoms with Gasteiger partial charge in [-0.05, 0) is 13.8 Å². The second kappa shape index (κ2) is 6.87. The Hall–Kier alpha value is -3.00. The molecule has 1 aromatic carbocycles. The number of piperazine rings is 1. The fourth-order valence-corrected chi connectivity index (χ4v) is 4.46. The first-order valence-electron chi connectivity index (χ1n) is 9.39. The highest BCUT2D eigenvalue weighted by Gasteiger charge is 2.23. The van der Waals surface area contributed by atoms with E-state index in [2.05, 4.69) is 56.9 Å². The second-order valence-corrected chi connectivity index (χ2v) is 8.13. The molecule has 0 spiro atoms. The molecule has 0 saturated carbocycles. The number of nitrogens with zero attached hydrogens (tertiary/aromatic N) is 7. The first kappa shape index (κ1) is 17.1. The number of fused-ring (bicyclic) bond motifs is 1. The average molecular weight is 392 g/mol. The van der Waals surface area contributed by atoms with E-state index >= 15 is 0 Å². The maximum Gasteiger partial charge on any atom is 0.254 e. The van der Waals surface area contributed by atoms with E-state index in [9.17, 15) is 0 Å². The van der Waals surface area contributed by atoms with Crippen LogP contribution in [0.25, 0.3) is 17.0 Å². The van der Waals surface area contributed by atoms with Crippen LogP contribution in [0.4, 0.5) is 10.9 Å². The minimum Gasteiger partial charge on any atom is -0.353 e. The minimum absolute atomic E-state index is 0.630. The predicted molar refractivity (Wildman–Crippen MR) is 112 cm³/mol. The van der Waals surface area contributed by atoms with Gasteiger partial charge in [-0.3, -0.25) is 0 Å². The lowest BCUT2D eigenvalue weighted by molar-refractivity contribution is 0.637. The Morgan fingerprint density at radius 3 is 2.39 bits per heavy atom. The van der Waals surface area contributed by atoms with Crippen molar-refractivity contribution in [2.75, 3.05) is 36.0 Å². The Morgan fingerprint density at radius 1 is 0.929 bits per heavy atom. The number of hydrogen-bond donors (Lipinski definition) is 0. The molecule has 0 atom stereocenters. The molecular formula is C20H21N7S. The molecule has 0 unspecified atom stereocenters. The molecule has 0 aliphatic carbocycles. The van der Waals surface area contributed by atoms with Crippen molar-refractivity contribution < 1.29 is 0 Å². The van der Waals surface area contributed by atoms with Gasteiger partial charge in [0.15, 0.2) is 5.13 Å². The van der Waals surface area contributed by atoms with Gasteiger partial charge in [-0.1, -0.05) is 30.3 Å². The van der Waals surface area contributed by atoms with Gasteiger partial charge in [0.05, 0.1) is 11.4 Å². The molecule has 5 rings (SSSR count). The third-order valence-electron chi connectivity index (χ3n) is 5.19. The van der Waals surface area contributed by atoms with Crippen molar-refractivity contribution in [2.24, 2.45) is 0 Å². The van der Waals surface area contributed by atoms with E-state index in [1.54, 1.807) is 17.7 Å². The summed E-state index contributed by atoms with van der Waals surface area (Å²) in [6, 6.07) is 12.3. The Balaban J connectivity index is 1.44. The standard InChI is InChI=1S/C20H21N7S/c1-14-15(2)28-20(23-14)26-10-8-25(9-11-26)18-12-17(16-6-4-3-5-7-16)24-19-21-13-22-27(18)19/h3-7,12-13H,8-11H2,1-2H3. The lowest BCUT2D eigenvalue weighted by Gasteiger charge is -2.35. The molecule has 1 fully saturated rings. The van der Waals surface area contributed by atoms with Crippen LogP contribution in [0, 0.1) is 13.8 Å². The number of hydrogen-bond acceptors (Lipinski definition) is 7. The molecule has 7 nitrogen and oxygen atoms in total. The van der Waals surface area contributed by atoms with Gasteiger partial charge in [0.1, 0.15) is 12.1 Å². The topological polar surface area (TPSA) is 62.5 Å². The lowest BCUT2D eigenvalue weighted by Crippen LogP contribution is -2.47. The summed E-state index contributed by atoms with van der Waals surface area (Å²) in [5.74, 6) is 1.66. The summed E-state index contributed by atoms with van der Waals surface area (Å²) in [4.78, 5) is 19.8. The van der Waals surface area contributed by atoms with E-state index in [1.165, 1.54) is 4.88 Å². The molecule has 8 heteroatoms. The Kier molecular flexibility index (Phi) is 4.20. The first-order valence-corrected chi connectivity index (χ1v) is 10.2. The van der Waals surface area contributed by atoms with Crippen molar-refractivity contribution in [2.45, 2.75) is 13.8 Å². The highest BCUT2D eigenvalue weighted by molar-refractivity contribution is 7.15. The molecule has 3 aromatic heterocycles. The highest BCUT2D eigenvalue weighted by Crippen LogP contribution is 2.28. The van der Waals surface area contributed by atoms with Crippen LogP contribution in [0.5, 0.6) is 0 Å². The third kappa shape index (κ3) is 2.99. The van der Waals surface area contributed by atoms with E-state index in [0.29, 0.717) is 5.78 Å². The molecule has 28 heavy (non-hydrogen) atoms. The van der Waals surface area contributed by atoms with Gasteiger partial charge < -0.3 is 9.80 Å². The smallest absolute Gasteiger partial charge is 0.254 e. The number of rotatable bonds is 3. The van der Waals surface area contributed by atoms with Crippen LogP contribution in [-0.2, 0) is 0 Å². The molecule has 142 valence electrons. The maximum absolute atomic E-state index is 4.72. The molecule has 1 aliphatic rings. The van der Waals surface area contributed by atoms with Crippen LogP contribution in [0.3, 0.4) is 0 Å². The van der Waals surface area contributed by atoms with Crippen molar-refractivity contribution in [3.8, 4) is 11.3 Å². The molecule has 4 heterocycles. The van der Waals surface area contributed by atoms with Gasteiger partial charge in [-0.2, -0.15) is 14.6 Å². The molecular weight excluding hydrogens is 370 g/mol. The highest BCUT2D eigenvalue weighted by atomic mass is 32.1. The molecule has 0 radical (unpaired) electrons. The average Bonchev–Trinajstić information content (AvgIpc) is 3.34. The molecule has 0 bridgehead atoms. The zero-order chi connectivity index (χ0) is 19.1. The summed E-state index contributed by atoms with van der Waals surface area (Å²) < 4.78 is 1.83. The number of aryl methyl sites for hydroxylation is 2. The van der Waals surface area contributed by atoms with E-state index < -0.39 is 0 Å². The monoisotopic (exact) mass is 391 g/mol. The molecule has 0 amide bonds. The summed E-state index contributed by atoms with van der Waals surface area (Å²) in [5.41, 5.74) is 3.14. The maximum atomic E-state index is 4.72. The van der Waals surface area contributed by atoms with Crippen molar-refractivity contribution in [3.05, 3.63) is 53.3 Å². The van der Waals surface area contributed by atoms with E-state index in [1.807, 2.05) is 22.7 Å². The summed E-state index contributed by atoms with van der Waals surface area (Å²) >= 11 is 1.78. The van der Waals surface area contributed by atoms with Crippen LogP contribution in [0.15, 0.2) is 42.7 Å². The van der Waals surface area contributed by atoms with Gasteiger partial charge in [0, 0.05) is 42.7 Å². The largest absolute Gasteiger partial charge is 0.353 e. The first-order chi connectivity index (χ1) is 13.7. The van der Waals surface area contributed by atoms with E-state index in [4.69, 9.17) is 4.98 Å². The summed E-state index contributed by atoms with van der Waals surface area (Å²) in [6.45, 7) is 7.90. The molecule has 4 aromatic rings. The van der Waals surface area contributed by atoms with Crippen molar-refractivity contribution >= 4 is 28.1 Å². The van der Waals surface area contributed by atoms with Crippen molar-refractivity contribution in [3.63, 3.8) is 0 Å². The van der Waals surface area contributed by atoms with E-state index in [0.717, 1.165) is 54.1 Å². The Labute approximate surface area is 167 Å². The van der Waals surface area contributed by atoms with Gasteiger partial charge in [-0.25, -0.2) is 9.97 Å². The molecule has 0 N–H and O–H groups in total. The number of anilines is 2. The summed E-state index contributed by atoms with van der Waals surface area (Å²) in [7, 11) is 0. The van der Waals surface area contributed by atoms with Crippen molar-refractivity contribution in [1.82, 2.24) is 24.6 Å². The normalized spacial score (nSPS) is 14.8. The number of aromatic nitrogens is 5. The van der Waals surface area contributed by atoms with Crippen LogP contribution in [-0.4, -0.2) is 50.7 Å². The SMILES string of the molecule is Cc1nc(N2CCN(c3cc(-c4ccccc4)nc4ncnn34)CC2)sc1C. The Morgan fingerprint density at radius 2 is 1.68 bits per heavy atom. The summed E-state index contributed by atoms with van der Waals surface area (Å²) in [5, 5.41) is 5.52. The number of thiazole rings is 1. The second-order valence-electron chi connectivity index (χ2n) is 6.95. The third-order valence-corrected chi connectivity index (χ3v) is 6.33. The molecule has 1 saturated heterocycles. The van der Waals surface area contributed by atoms with Gasteiger partial charge in [0.25, 0.3) is 5.78 Å². The van der Waals surface area contributed by atoms with E-state index in [-0.39, 0.29) is 0 Å². The zero-order valence-corrected chi connectivity index (χ0v) is 16.7. The van der Waals surface area contributed by atoms with Crippen LogP contribution >= 0.6 is 11.3 Å². The van der Waals surface area contributed by atoms with Gasteiger partial charge in [0.2, 0.25) is 0 Å². The van der Waals surface area contributed by atoms with Crippen LogP contribution in [0.1, 0.15) is 10.6 Å². The van der Waals surface area contributed by atoms with Crippen LogP contribution < -0.4 is 9.80 Å². The lowest BCUT2D eigenvalue weighted by atomic mass is 10.1. The predicted octanol–water partition coefficient (Wildman–Crippen LogP) is 3.19. The van der Waals surface area contributed by atoms with Crippen molar-refractivity contribution in [1.29, 1.82) is 0 Å². The van der Waals surface area contributed by atoms with Gasteiger partial charge >= 0.3 is 0 Å². The van der Waals surface area contributed by atoms with Gasteiger partial charge in [-0.15, -0.1) is 11.3 Å². The minimum atomic E-state index is 0.630. The fraction of sp³-hybridized carbons (Fsp3) is 0.300. The fourth-order valence-electron chi connectivity index (χ4n) is 3.50. The van der Waals surface area contributed by atoms with Crippen LogP contribution in [0.2, 0.25) is 0 Å². The quantitative estimate of drug-likeness (QED) is 0.534. The Bertz CT molecular complexity index is 1090.